The van der Waals surface area contributed by atoms with Crippen molar-refractivity contribution < 1.29 is 0 Å². The van der Waals surface area contributed by atoms with E-state index in [1.807, 2.05) is 31.2 Å². The van der Waals surface area contributed by atoms with Gasteiger partial charge in [0, 0.05) is 34.6 Å². The first-order chi connectivity index (χ1) is 12.1. The van der Waals surface area contributed by atoms with Gasteiger partial charge in [-0.3, -0.25) is 0 Å². The van der Waals surface area contributed by atoms with Gasteiger partial charge in [-0.25, -0.2) is 0 Å². The van der Waals surface area contributed by atoms with Crippen molar-refractivity contribution in [3.63, 3.8) is 0 Å². The maximum absolute atomic E-state index is 8.47. The molecule has 0 saturated carbocycles. The van der Waals surface area contributed by atoms with Gasteiger partial charge in [-0.05, 0) is 70.6 Å². The molecule has 140 valence electrons. The summed E-state index contributed by atoms with van der Waals surface area (Å²) in [5.74, 6) is 0.464. The van der Waals surface area contributed by atoms with Gasteiger partial charge < -0.3 is 21.9 Å². The lowest BCUT2D eigenvalue weighted by Crippen LogP contribution is -2.57. The summed E-state index contributed by atoms with van der Waals surface area (Å²) >= 11 is 0. The molecule has 4 heteroatoms. The summed E-state index contributed by atoms with van der Waals surface area (Å²) in [6.45, 7) is 11.0. The number of nitrogens with two attached hydrogens (primary N) is 1. The van der Waals surface area contributed by atoms with Gasteiger partial charge >= 0.3 is 0 Å². The topological polar surface area (TPSA) is 85.8 Å². The molecular weight excluding hydrogens is 320 g/mol. The van der Waals surface area contributed by atoms with Crippen molar-refractivity contribution in [2.24, 2.45) is 11.7 Å². The van der Waals surface area contributed by atoms with E-state index in [1.54, 1.807) is 0 Å². The van der Waals surface area contributed by atoms with Crippen molar-refractivity contribution >= 4 is 17.5 Å². The maximum atomic E-state index is 8.47. The fourth-order valence-corrected chi connectivity index (χ4v) is 4.23. The highest BCUT2D eigenvalue weighted by molar-refractivity contribution is 6.10. The van der Waals surface area contributed by atoms with Gasteiger partial charge in [0.2, 0.25) is 0 Å². The molecule has 1 aromatic rings. The first-order valence-electron chi connectivity index (χ1n) is 9.17. The lowest BCUT2D eigenvalue weighted by Gasteiger charge is -2.45. The molecule has 1 aromatic carbocycles. The summed E-state index contributed by atoms with van der Waals surface area (Å²) in [6, 6.07) is 5.85. The van der Waals surface area contributed by atoms with Crippen LogP contribution in [0.4, 0.5) is 0 Å². The van der Waals surface area contributed by atoms with Crippen LogP contribution in [0.3, 0.4) is 0 Å². The molecule has 0 aromatic heterocycles. The van der Waals surface area contributed by atoms with E-state index in [4.69, 9.17) is 16.6 Å². The molecule has 2 rings (SSSR count). The van der Waals surface area contributed by atoms with E-state index in [0.29, 0.717) is 17.2 Å². The summed E-state index contributed by atoms with van der Waals surface area (Å²) < 4.78 is 0. The molecule has 1 aliphatic heterocycles. The fourth-order valence-electron chi connectivity index (χ4n) is 4.23. The van der Waals surface area contributed by atoms with Crippen LogP contribution in [0, 0.1) is 23.7 Å². The minimum absolute atomic E-state index is 0.105. The third-order valence-electron chi connectivity index (χ3n) is 4.94. The summed E-state index contributed by atoms with van der Waals surface area (Å²) in [7, 11) is 0. The first-order valence-corrected chi connectivity index (χ1v) is 9.17. The second-order valence-corrected chi connectivity index (χ2v) is 8.63. The average Bonchev–Trinajstić information content (AvgIpc) is 2.51. The number of rotatable bonds is 5. The van der Waals surface area contributed by atoms with Crippen molar-refractivity contribution in [2.45, 2.75) is 58.5 Å². The van der Waals surface area contributed by atoms with Crippen LogP contribution in [-0.2, 0) is 0 Å². The number of allylic oxidation sites excluding steroid dienone is 3. The smallest absolute Gasteiger partial charge is 0.0611 e. The van der Waals surface area contributed by atoms with Crippen LogP contribution in [0.1, 0.15) is 57.2 Å². The summed E-state index contributed by atoms with van der Waals surface area (Å²) in [5.41, 5.74) is 9.82. The molecular formula is C22H32N4. The number of piperidine rings is 1. The predicted octanol–water partition coefficient (Wildman–Crippen LogP) is 4.43. The molecule has 0 atom stereocenters. The number of aryl methyl sites for hydroxylation is 1. The zero-order chi connectivity index (χ0) is 19.5. The van der Waals surface area contributed by atoms with Crippen molar-refractivity contribution in [1.82, 2.24) is 5.32 Å². The largest absolute Gasteiger partial charge is 0.404 e. The Hall–Kier alpha value is -2.20. The Morgan fingerprint density at radius 1 is 1.19 bits per heavy atom. The van der Waals surface area contributed by atoms with Crippen LogP contribution in [-0.4, -0.2) is 23.0 Å². The summed E-state index contributed by atoms with van der Waals surface area (Å²) in [4.78, 5) is 0. The molecule has 4 nitrogen and oxygen atoms in total. The van der Waals surface area contributed by atoms with Crippen LogP contribution in [0.15, 0.2) is 36.6 Å². The molecule has 5 N–H and O–H groups in total. The predicted molar refractivity (Wildman–Crippen MR) is 112 cm³/mol. The van der Waals surface area contributed by atoms with Crippen LogP contribution in [0.2, 0.25) is 0 Å². The second kappa shape index (κ2) is 7.58. The van der Waals surface area contributed by atoms with Crippen molar-refractivity contribution in [1.29, 1.82) is 10.8 Å². The number of hydrogen-bond donors (Lipinski definition) is 4. The fraction of sp³-hybridized carbons (Fsp3) is 0.455. The molecule has 26 heavy (non-hydrogen) atoms. The minimum Gasteiger partial charge on any atom is -0.404 e. The van der Waals surface area contributed by atoms with E-state index in [2.05, 4.69) is 39.1 Å². The van der Waals surface area contributed by atoms with Crippen LogP contribution in [0.5, 0.6) is 0 Å². The van der Waals surface area contributed by atoms with Gasteiger partial charge in [-0.15, -0.1) is 0 Å². The van der Waals surface area contributed by atoms with E-state index < -0.39 is 0 Å². The number of hydrogen-bond acceptors (Lipinski definition) is 4. The third-order valence-corrected chi connectivity index (χ3v) is 4.94. The van der Waals surface area contributed by atoms with Crippen LogP contribution >= 0.6 is 0 Å². The Balaban J connectivity index is 2.17. The van der Waals surface area contributed by atoms with Gasteiger partial charge in [-0.2, -0.15) is 0 Å². The highest BCUT2D eigenvalue weighted by Gasteiger charge is 2.36. The average molecular weight is 353 g/mol. The molecule has 0 aliphatic carbocycles. The first kappa shape index (κ1) is 20.1. The standard InChI is InChI=1S/C22H32N4/c1-15-10-17(18(13-23)14-24)7-8-19(15)20(25)9-6-16-11-21(2,3)26-22(4,5)12-16/h6-10,13-14,16,23,25-26H,11-12,24H2,1-5H3/b9-6-,18-14+,23-13?,25-20?. The number of nitrogens with one attached hydrogen (secondary N) is 3. The Morgan fingerprint density at radius 2 is 1.81 bits per heavy atom. The zero-order valence-corrected chi connectivity index (χ0v) is 16.6. The van der Waals surface area contributed by atoms with E-state index in [-0.39, 0.29) is 11.1 Å². The van der Waals surface area contributed by atoms with Crippen molar-refractivity contribution in [3.8, 4) is 0 Å². The molecule has 0 spiro atoms. The zero-order valence-electron chi connectivity index (χ0n) is 16.6. The van der Waals surface area contributed by atoms with E-state index in [1.165, 1.54) is 12.4 Å². The lowest BCUT2D eigenvalue weighted by atomic mass is 9.75. The van der Waals surface area contributed by atoms with Crippen LogP contribution in [0.25, 0.3) is 5.57 Å². The molecule has 0 bridgehead atoms. The van der Waals surface area contributed by atoms with Crippen molar-refractivity contribution in [2.75, 3.05) is 0 Å². The van der Waals surface area contributed by atoms with E-state index >= 15 is 0 Å². The normalized spacial score (nSPS) is 20.3. The Bertz CT molecular complexity index is 737. The van der Waals surface area contributed by atoms with Gasteiger partial charge in [-0.1, -0.05) is 24.3 Å². The Kier molecular flexibility index (Phi) is 5.87. The quantitative estimate of drug-likeness (QED) is 0.591. The Morgan fingerprint density at radius 3 is 2.31 bits per heavy atom. The maximum Gasteiger partial charge on any atom is 0.0611 e. The minimum atomic E-state index is 0.105. The molecule has 1 heterocycles. The molecule has 1 fully saturated rings. The molecule has 1 saturated heterocycles. The van der Waals surface area contributed by atoms with Gasteiger partial charge in [0.25, 0.3) is 0 Å². The van der Waals surface area contributed by atoms with Gasteiger partial charge in [0.15, 0.2) is 0 Å². The molecule has 0 unspecified atom stereocenters. The summed E-state index contributed by atoms with van der Waals surface area (Å²) in [6.07, 6.45) is 8.97. The highest BCUT2D eigenvalue weighted by Crippen LogP contribution is 2.33. The molecule has 1 aliphatic rings. The van der Waals surface area contributed by atoms with Gasteiger partial charge in [0.1, 0.15) is 0 Å². The molecule has 0 radical (unpaired) electrons. The van der Waals surface area contributed by atoms with E-state index in [0.717, 1.165) is 29.5 Å². The Labute approximate surface area is 157 Å². The lowest BCUT2D eigenvalue weighted by molar-refractivity contribution is 0.150. The third kappa shape index (κ3) is 4.92. The second-order valence-electron chi connectivity index (χ2n) is 8.63. The van der Waals surface area contributed by atoms with E-state index in [9.17, 15) is 0 Å². The highest BCUT2D eigenvalue weighted by atomic mass is 15.0. The monoisotopic (exact) mass is 352 g/mol. The summed E-state index contributed by atoms with van der Waals surface area (Å²) in [5, 5.41) is 19.6. The molecule has 0 amide bonds. The SMILES string of the molecule is Cc1cc(/C(C=N)=C/N)ccc1C(=N)/C=C\C1CC(C)(C)NC(C)(C)C1. The number of benzene rings is 1. The van der Waals surface area contributed by atoms with Crippen molar-refractivity contribution in [3.05, 3.63) is 53.2 Å². The van der Waals surface area contributed by atoms with Gasteiger partial charge in [0.05, 0.1) is 5.71 Å². The van der Waals surface area contributed by atoms with Crippen LogP contribution < -0.4 is 11.1 Å².